The summed E-state index contributed by atoms with van der Waals surface area (Å²) in [4.78, 5) is 0. The number of hydrogen-bond acceptors (Lipinski definition) is 3. The molecule has 0 saturated carbocycles. The second-order valence-corrected chi connectivity index (χ2v) is 4.55. The van der Waals surface area contributed by atoms with Crippen LogP contribution in [0.3, 0.4) is 0 Å². The molecule has 2 rings (SSSR count). The van der Waals surface area contributed by atoms with Crippen molar-refractivity contribution in [3.05, 3.63) is 54.1 Å². The van der Waals surface area contributed by atoms with Crippen molar-refractivity contribution in [1.82, 2.24) is 0 Å². The van der Waals surface area contributed by atoms with Gasteiger partial charge >= 0.3 is 0 Å². The average Bonchev–Trinajstić information content (AvgIpc) is 2.47. The zero-order chi connectivity index (χ0) is 14.2. The molecule has 2 aromatic rings. The zero-order valence-electron chi connectivity index (χ0n) is 12.1. The highest BCUT2D eigenvalue weighted by Gasteiger charge is 1.96. The summed E-state index contributed by atoms with van der Waals surface area (Å²) in [5.74, 6) is 1.80. The van der Waals surface area contributed by atoms with E-state index in [0.717, 1.165) is 23.7 Å². The predicted molar refractivity (Wildman–Crippen MR) is 82.8 cm³/mol. The lowest BCUT2D eigenvalue weighted by Crippen LogP contribution is -2.11. The summed E-state index contributed by atoms with van der Waals surface area (Å²) in [5.41, 5.74) is 2.31. The molecule has 0 saturated heterocycles. The first-order valence-electron chi connectivity index (χ1n) is 6.94. The van der Waals surface area contributed by atoms with Crippen molar-refractivity contribution in [3.8, 4) is 11.5 Å². The van der Waals surface area contributed by atoms with Gasteiger partial charge in [0, 0.05) is 12.2 Å². The molecule has 0 atom stereocenters. The third kappa shape index (κ3) is 4.50. The van der Waals surface area contributed by atoms with Crippen LogP contribution in [0.25, 0.3) is 0 Å². The molecule has 0 unspecified atom stereocenters. The van der Waals surface area contributed by atoms with E-state index in [1.54, 1.807) is 0 Å². The summed E-state index contributed by atoms with van der Waals surface area (Å²) in [7, 11) is 0. The lowest BCUT2D eigenvalue weighted by Gasteiger charge is -2.09. The molecule has 3 nitrogen and oxygen atoms in total. The number of benzene rings is 2. The standard InChI is InChI=1S/C17H21NO2/c1-3-19-16-10-6-15(7-11-16)18-12-13-20-17-8-4-14(2)5-9-17/h4-11,18H,3,12-13H2,1-2H3. The number of aryl methyl sites for hydroxylation is 1. The first kappa shape index (κ1) is 14.3. The highest BCUT2D eigenvalue weighted by Crippen LogP contribution is 2.15. The quantitative estimate of drug-likeness (QED) is 0.775. The van der Waals surface area contributed by atoms with Crippen molar-refractivity contribution in [3.63, 3.8) is 0 Å². The van der Waals surface area contributed by atoms with Gasteiger partial charge in [0.1, 0.15) is 18.1 Å². The van der Waals surface area contributed by atoms with Crippen molar-refractivity contribution in [2.45, 2.75) is 13.8 Å². The van der Waals surface area contributed by atoms with Gasteiger partial charge in [-0.15, -0.1) is 0 Å². The Bertz CT molecular complexity index is 506. The highest BCUT2D eigenvalue weighted by molar-refractivity contribution is 5.46. The van der Waals surface area contributed by atoms with E-state index >= 15 is 0 Å². The van der Waals surface area contributed by atoms with Crippen molar-refractivity contribution in [2.75, 3.05) is 25.1 Å². The fourth-order valence-electron chi connectivity index (χ4n) is 1.83. The second kappa shape index (κ2) is 7.43. The van der Waals surface area contributed by atoms with Gasteiger partial charge in [-0.3, -0.25) is 0 Å². The van der Waals surface area contributed by atoms with Gasteiger partial charge in [0.2, 0.25) is 0 Å². The Hall–Kier alpha value is -2.16. The molecule has 0 aromatic heterocycles. The number of nitrogens with one attached hydrogen (secondary N) is 1. The van der Waals surface area contributed by atoms with Crippen molar-refractivity contribution in [1.29, 1.82) is 0 Å². The maximum Gasteiger partial charge on any atom is 0.119 e. The van der Waals surface area contributed by atoms with Gasteiger partial charge in [-0.2, -0.15) is 0 Å². The second-order valence-electron chi connectivity index (χ2n) is 4.55. The summed E-state index contributed by atoms with van der Waals surface area (Å²) >= 11 is 0. The molecule has 0 amide bonds. The monoisotopic (exact) mass is 271 g/mol. The van der Waals surface area contributed by atoms with Crippen LogP contribution in [0, 0.1) is 6.92 Å². The zero-order valence-corrected chi connectivity index (χ0v) is 12.1. The van der Waals surface area contributed by atoms with Gasteiger partial charge in [-0.05, 0) is 50.2 Å². The summed E-state index contributed by atoms with van der Waals surface area (Å²) in [6.07, 6.45) is 0. The molecule has 0 aliphatic heterocycles. The minimum absolute atomic E-state index is 0.635. The van der Waals surface area contributed by atoms with Gasteiger partial charge in [0.25, 0.3) is 0 Å². The molecule has 1 N–H and O–H groups in total. The maximum absolute atomic E-state index is 5.66. The normalized spacial score (nSPS) is 10.1. The van der Waals surface area contributed by atoms with Crippen LogP contribution < -0.4 is 14.8 Å². The number of hydrogen-bond donors (Lipinski definition) is 1. The largest absolute Gasteiger partial charge is 0.494 e. The average molecular weight is 271 g/mol. The first-order chi connectivity index (χ1) is 9.78. The Morgan fingerprint density at radius 3 is 2.10 bits per heavy atom. The Morgan fingerprint density at radius 1 is 0.850 bits per heavy atom. The summed E-state index contributed by atoms with van der Waals surface area (Å²) in [6.45, 7) is 6.14. The SMILES string of the molecule is CCOc1ccc(NCCOc2ccc(C)cc2)cc1. The van der Waals surface area contributed by atoms with Crippen LogP contribution >= 0.6 is 0 Å². The third-order valence-electron chi connectivity index (χ3n) is 2.89. The van der Waals surface area contributed by atoms with Crippen LogP contribution in [0.1, 0.15) is 12.5 Å². The highest BCUT2D eigenvalue weighted by atomic mass is 16.5. The molecule has 0 aliphatic rings. The van der Waals surface area contributed by atoms with Gasteiger partial charge in [0.05, 0.1) is 6.61 Å². The molecule has 0 radical (unpaired) electrons. The van der Waals surface area contributed by atoms with Crippen molar-refractivity contribution < 1.29 is 9.47 Å². The van der Waals surface area contributed by atoms with E-state index < -0.39 is 0 Å². The van der Waals surface area contributed by atoms with E-state index in [2.05, 4.69) is 24.4 Å². The smallest absolute Gasteiger partial charge is 0.119 e. The Morgan fingerprint density at radius 2 is 1.45 bits per heavy atom. The summed E-state index contributed by atoms with van der Waals surface area (Å²) in [6, 6.07) is 16.0. The van der Waals surface area contributed by atoms with Crippen LogP contribution in [0.15, 0.2) is 48.5 Å². The van der Waals surface area contributed by atoms with E-state index in [1.165, 1.54) is 5.56 Å². The minimum Gasteiger partial charge on any atom is -0.494 e. The van der Waals surface area contributed by atoms with Gasteiger partial charge in [-0.25, -0.2) is 0 Å². The molecule has 3 heteroatoms. The third-order valence-corrected chi connectivity index (χ3v) is 2.89. The van der Waals surface area contributed by atoms with E-state index in [4.69, 9.17) is 9.47 Å². The Labute approximate surface area is 120 Å². The maximum atomic E-state index is 5.66. The van der Waals surface area contributed by atoms with Gasteiger partial charge in [0.15, 0.2) is 0 Å². The van der Waals surface area contributed by atoms with Crippen LogP contribution in [-0.4, -0.2) is 19.8 Å². The topological polar surface area (TPSA) is 30.5 Å². The summed E-state index contributed by atoms with van der Waals surface area (Å²) in [5, 5.41) is 3.32. The van der Waals surface area contributed by atoms with E-state index in [1.807, 2.05) is 43.3 Å². The van der Waals surface area contributed by atoms with Crippen molar-refractivity contribution in [2.24, 2.45) is 0 Å². The lowest BCUT2D eigenvalue weighted by molar-refractivity contribution is 0.333. The predicted octanol–water partition coefficient (Wildman–Crippen LogP) is 3.88. The number of ether oxygens (including phenoxy) is 2. The molecule has 0 heterocycles. The fourth-order valence-corrected chi connectivity index (χ4v) is 1.83. The molecule has 0 spiro atoms. The van der Waals surface area contributed by atoms with Crippen LogP contribution in [0.5, 0.6) is 11.5 Å². The van der Waals surface area contributed by atoms with Gasteiger partial charge in [-0.1, -0.05) is 17.7 Å². The molecular weight excluding hydrogens is 250 g/mol. The molecule has 0 aliphatic carbocycles. The fraction of sp³-hybridized carbons (Fsp3) is 0.294. The molecular formula is C17H21NO2. The molecule has 20 heavy (non-hydrogen) atoms. The van der Waals surface area contributed by atoms with E-state index in [0.29, 0.717) is 13.2 Å². The molecule has 0 bridgehead atoms. The van der Waals surface area contributed by atoms with Gasteiger partial charge < -0.3 is 14.8 Å². The first-order valence-corrected chi connectivity index (χ1v) is 6.94. The number of rotatable bonds is 7. The number of anilines is 1. The van der Waals surface area contributed by atoms with Crippen LogP contribution in [0.4, 0.5) is 5.69 Å². The lowest BCUT2D eigenvalue weighted by atomic mass is 10.2. The minimum atomic E-state index is 0.635. The summed E-state index contributed by atoms with van der Waals surface area (Å²) < 4.78 is 11.1. The molecule has 2 aromatic carbocycles. The Kier molecular flexibility index (Phi) is 5.30. The van der Waals surface area contributed by atoms with Crippen molar-refractivity contribution >= 4 is 5.69 Å². The van der Waals surface area contributed by atoms with Crippen LogP contribution in [-0.2, 0) is 0 Å². The molecule has 0 fully saturated rings. The van der Waals surface area contributed by atoms with E-state index in [9.17, 15) is 0 Å². The van der Waals surface area contributed by atoms with E-state index in [-0.39, 0.29) is 0 Å². The Balaban J connectivity index is 1.71. The van der Waals surface area contributed by atoms with Crippen LogP contribution in [0.2, 0.25) is 0 Å². The molecule has 106 valence electrons.